The van der Waals surface area contributed by atoms with E-state index in [1.165, 1.54) is 0 Å². The van der Waals surface area contributed by atoms with Gasteiger partial charge in [0.25, 0.3) is 11.5 Å². The lowest BCUT2D eigenvalue weighted by Crippen LogP contribution is -2.24. The van der Waals surface area contributed by atoms with Crippen molar-refractivity contribution in [3.05, 3.63) is 51.6 Å². The summed E-state index contributed by atoms with van der Waals surface area (Å²) in [7, 11) is 0. The van der Waals surface area contributed by atoms with E-state index in [1.54, 1.807) is 12.1 Å². The molecule has 2 aromatic rings. The van der Waals surface area contributed by atoms with Gasteiger partial charge in [-0.1, -0.05) is 0 Å². The Morgan fingerprint density at radius 3 is 2.65 bits per heavy atom. The number of rotatable bonds is 4. The van der Waals surface area contributed by atoms with Gasteiger partial charge >= 0.3 is 0 Å². The highest BCUT2D eigenvalue weighted by Crippen LogP contribution is 2.16. The third-order valence-corrected chi connectivity index (χ3v) is 2.80. The zero-order valence-corrected chi connectivity index (χ0v) is 11.5. The third kappa shape index (κ3) is 3.24. The Morgan fingerprint density at radius 1 is 1.35 bits per heavy atom. The molecule has 2 aromatic heterocycles. The quantitative estimate of drug-likeness (QED) is 0.919. The molecule has 0 atom stereocenters. The smallest absolute Gasteiger partial charge is 0.291 e. The maximum absolute atomic E-state index is 13.5. The Labute approximate surface area is 128 Å². The van der Waals surface area contributed by atoms with Crippen molar-refractivity contribution in [1.29, 1.82) is 10.5 Å². The van der Waals surface area contributed by atoms with Crippen LogP contribution >= 0.6 is 0 Å². The molecule has 0 aliphatic carbocycles. The molecule has 0 aliphatic heterocycles. The number of nitrogens with one attached hydrogen (secondary N) is 1. The van der Waals surface area contributed by atoms with Crippen LogP contribution in [-0.4, -0.2) is 17.1 Å². The normalized spacial score (nSPS) is 9.91. The first kappa shape index (κ1) is 15.9. The lowest BCUT2D eigenvalue weighted by molar-refractivity contribution is 0.0996. The van der Waals surface area contributed by atoms with Gasteiger partial charge in [-0.05, 0) is 0 Å². The SMILES string of the molecule is N#Cc1cc(C(=O)Nc2cc(F)c(=O)n(CCF)c2)oc1C#N. The molecule has 9 heteroatoms. The summed E-state index contributed by atoms with van der Waals surface area (Å²) in [6.45, 7) is -1.25. The molecule has 1 amide bonds. The largest absolute Gasteiger partial charge is 0.439 e. The van der Waals surface area contributed by atoms with Crippen molar-refractivity contribution in [2.24, 2.45) is 0 Å². The molecule has 0 saturated carbocycles. The molecule has 2 heterocycles. The van der Waals surface area contributed by atoms with Crippen LogP contribution in [0.5, 0.6) is 0 Å². The van der Waals surface area contributed by atoms with Crippen molar-refractivity contribution in [3.8, 4) is 12.1 Å². The second kappa shape index (κ2) is 6.54. The number of aryl methyl sites for hydroxylation is 1. The number of anilines is 1. The van der Waals surface area contributed by atoms with Gasteiger partial charge in [-0.25, -0.2) is 8.78 Å². The first-order valence-corrected chi connectivity index (χ1v) is 6.21. The van der Waals surface area contributed by atoms with E-state index in [-0.39, 0.29) is 29.3 Å². The van der Waals surface area contributed by atoms with Crippen LogP contribution in [0.25, 0.3) is 0 Å². The maximum Gasteiger partial charge on any atom is 0.291 e. The topological polar surface area (TPSA) is 112 Å². The molecule has 0 fully saturated rings. The van der Waals surface area contributed by atoms with E-state index in [1.807, 2.05) is 0 Å². The first-order chi connectivity index (χ1) is 11.0. The number of carbonyl (C=O) groups is 1. The van der Waals surface area contributed by atoms with Gasteiger partial charge in [-0.3, -0.25) is 9.59 Å². The molecular weight excluding hydrogens is 310 g/mol. The number of alkyl halides is 1. The number of carbonyl (C=O) groups excluding carboxylic acids is 1. The summed E-state index contributed by atoms with van der Waals surface area (Å²) in [5.41, 5.74) is -1.24. The number of hydrogen-bond acceptors (Lipinski definition) is 5. The number of aromatic nitrogens is 1. The minimum Gasteiger partial charge on any atom is -0.439 e. The van der Waals surface area contributed by atoms with Crippen LogP contribution in [0.2, 0.25) is 0 Å². The van der Waals surface area contributed by atoms with Crippen molar-refractivity contribution in [2.75, 3.05) is 12.0 Å². The second-order valence-corrected chi connectivity index (χ2v) is 4.30. The molecule has 116 valence electrons. The fourth-order valence-electron chi connectivity index (χ4n) is 1.79. The van der Waals surface area contributed by atoms with Crippen molar-refractivity contribution in [3.63, 3.8) is 0 Å². The number of amides is 1. The highest BCUT2D eigenvalue weighted by Gasteiger charge is 2.17. The first-order valence-electron chi connectivity index (χ1n) is 6.21. The lowest BCUT2D eigenvalue weighted by atomic mass is 10.2. The van der Waals surface area contributed by atoms with Crippen molar-refractivity contribution >= 4 is 11.6 Å². The predicted octanol–water partition coefficient (Wildman–Crippen LogP) is 1.55. The molecule has 7 nitrogen and oxygen atoms in total. The van der Waals surface area contributed by atoms with Crippen molar-refractivity contribution in [2.45, 2.75) is 6.54 Å². The van der Waals surface area contributed by atoms with Gasteiger partial charge in [0.1, 0.15) is 24.4 Å². The minimum absolute atomic E-state index is 0.103. The van der Waals surface area contributed by atoms with Crippen LogP contribution < -0.4 is 10.9 Å². The molecular formula is C14H8F2N4O3. The van der Waals surface area contributed by atoms with Gasteiger partial charge in [0, 0.05) is 18.3 Å². The Kier molecular flexibility index (Phi) is 4.52. The Morgan fingerprint density at radius 2 is 2.09 bits per heavy atom. The van der Waals surface area contributed by atoms with Crippen LogP contribution in [0, 0.1) is 28.5 Å². The van der Waals surface area contributed by atoms with E-state index >= 15 is 0 Å². The van der Waals surface area contributed by atoms with Crippen molar-refractivity contribution in [1.82, 2.24) is 4.57 Å². The lowest BCUT2D eigenvalue weighted by Gasteiger charge is -2.07. The highest BCUT2D eigenvalue weighted by molar-refractivity contribution is 6.02. The summed E-state index contributed by atoms with van der Waals surface area (Å²) < 4.78 is 31.5. The molecule has 0 aliphatic rings. The molecule has 1 N–H and O–H groups in total. The Hall–Kier alpha value is -3.46. The monoisotopic (exact) mass is 318 g/mol. The average Bonchev–Trinajstić information content (AvgIpc) is 2.95. The van der Waals surface area contributed by atoms with Gasteiger partial charge < -0.3 is 14.3 Å². The molecule has 0 radical (unpaired) electrons. The second-order valence-electron chi connectivity index (χ2n) is 4.30. The summed E-state index contributed by atoms with van der Waals surface area (Å²) in [5.74, 6) is -2.67. The number of pyridine rings is 1. The van der Waals surface area contributed by atoms with Gasteiger partial charge in [0.05, 0.1) is 12.2 Å². The summed E-state index contributed by atoms with van der Waals surface area (Å²) in [4.78, 5) is 23.4. The highest BCUT2D eigenvalue weighted by atomic mass is 19.1. The summed E-state index contributed by atoms with van der Waals surface area (Å²) in [6.07, 6.45) is 1.07. The fraction of sp³-hybridized carbons (Fsp3) is 0.143. The van der Waals surface area contributed by atoms with E-state index in [9.17, 15) is 18.4 Å². The van der Waals surface area contributed by atoms with Crippen LogP contribution in [-0.2, 0) is 6.54 Å². The Balaban J connectivity index is 2.31. The summed E-state index contributed by atoms with van der Waals surface area (Å²) in [6, 6.07) is 5.13. The molecule has 0 spiro atoms. The Bertz CT molecular complexity index is 871. The molecule has 23 heavy (non-hydrogen) atoms. The average molecular weight is 318 g/mol. The maximum atomic E-state index is 13.5. The third-order valence-electron chi connectivity index (χ3n) is 2.80. The van der Waals surface area contributed by atoms with Gasteiger partial charge in [-0.2, -0.15) is 10.5 Å². The van der Waals surface area contributed by atoms with Gasteiger partial charge in [-0.15, -0.1) is 0 Å². The van der Waals surface area contributed by atoms with E-state index in [0.29, 0.717) is 0 Å². The number of halogens is 2. The molecule has 0 saturated heterocycles. The van der Waals surface area contributed by atoms with Crippen LogP contribution in [0.3, 0.4) is 0 Å². The van der Waals surface area contributed by atoms with Crippen LogP contribution in [0.15, 0.2) is 27.5 Å². The van der Waals surface area contributed by atoms with E-state index in [4.69, 9.17) is 14.9 Å². The van der Waals surface area contributed by atoms with Crippen LogP contribution in [0.1, 0.15) is 21.9 Å². The van der Waals surface area contributed by atoms with Gasteiger partial charge in [0.15, 0.2) is 11.6 Å². The fourth-order valence-corrected chi connectivity index (χ4v) is 1.79. The summed E-state index contributed by atoms with van der Waals surface area (Å²) in [5, 5.41) is 19.8. The minimum atomic E-state index is -1.16. The predicted molar refractivity (Wildman–Crippen MR) is 72.7 cm³/mol. The van der Waals surface area contributed by atoms with E-state index in [0.717, 1.165) is 22.9 Å². The van der Waals surface area contributed by atoms with Crippen LogP contribution in [0.4, 0.5) is 14.5 Å². The molecule has 0 aromatic carbocycles. The van der Waals surface area contributed by atoms with Crippen molar-refractivity contribution < 1.29 is 18.0 Å². The van der Waals surface area contributed by atoms with Gasteiger partial charge in [0.2, 0.25) is 5.76 Å². The molecule has 0 bridgehead atoms. The zero-order valence-electron chi connectivity index (χ0n) is 11.5. The number of furan rings is 1. The zero-order chi connectivity index (χ0) is 17.0. The number of hydrogen-bond donors (Lipinski definition) is 1. The number of nitrogens with zero attached hydrogens (tertiary/aromatic N) is 3. The summed E-state index contributed by atoms with van der Waals surface area (Å²) >= 11 is 0. The van der Waals surface area contributed by atoms with E-state index in [2.05, 4.69) is 5.32 Å². The van der Waals surface area contributed by atoms with E-state index < -0.39 is 24.0 Å². The number of nitriles is 2. The molecule has 0 unspecified atom stereocenters. The standard InChI is InChI=1S/C14H8F2N4O3/c15-1-2-20-7-9(4-10(16)14(20)22)19-13(21)11-3-8(5-17)12(6-18)23-11/h3-4,7H,1-2H2,(H,19,21). The molecule has 2 rings (SSSR count).